The Hall–Kier alpha value is -3.41. The summed E-state index contributed by atoms with van der Waals surface area (Å²) in [4.78, 5) is 37.3. The molecule has 0 radical (unpaired) electrons. The predicted octanol–water partition coefficient (Wildman–Crippen LogP) is 2.45. The molecule has 150 valence electrons. The van der Waals surface area contributed by atoms with Gasteiger partial charge in [-0.1, -0.05) is 48.5 Å². The summed E-state index contributed by atoms with van der Waals surface area (Å²) in [6.07, 6.45) is 4.65. The number of amides is 1. The third kappa shape index (κ3) is 5.10. The van der Waals surface area contributed by atoms with Crippen LogP contribution in [0.1, 0.15) is 24.5 Å². The summed E-state index contributed by atoms with van der Waals surface area (Å²) in [7, 11) is 0. The molecule has 0 saturated heterocycles. The zero-order valence-corrected chi connectivity index (χ0v) is 16.7. The van der Waals surface area contributed by atoms with Crippen LogP contribution in [0.5, 0.6) is 0 Å². The smallest absolute Gasteiger partial charge is 0.320 e. The molecule has 0 aliphatic carbocycles. The van der Waals surface area contributed by atoms with Crippen LogP contribution in [0.3, 0.4) is 0 Å². The monoisotopic (exact) mass is 391 g/mol. The van der Waals surface area contributed by atoms with E-state index in [0.717, 1.165) is 23.0 Å². The average Bonchev–Trinajstić information content (AvgIpc) is 2.72. The van der Waals surface area contributed by atoms with Gasteiger partial charge in [0.1, 0.15) is 6.54 Å². The maximum Gasteiger partial charge on any atom is 0.320 e. The van der Waals surface area contributed by atoms with Crippen molar-refractivity contribution in [2.45, 2.75) is 39.3 Å². The maximum atomic E-state index is 12.5. The molecule has 2 aromatic carbocycles. The van der Waals surface area contributed by atoms with Gasteiger partial charge >= 0.3 is 11.1 Å². The quantitative estimate of drug-likeness (QED) is 0.629. The van der Waals surface area contributed by atoms with Crippen molar-refractivity contribution in [3.8, 4) is 5.69 Å². The van der Waals surface area contributed by atoms with E-state index in [-0.39, 0.29) is 18.5 Å². The molecule has 3 aromatic rings. The Bertz CT molecular complexity index is 1100. The lowest BCUT2D eigenvalue weighted by atomic mass is 10.1. The number of benzene rings is 2. The molecule has 0 spiro atoms. The van der Waals surface area contributed by atoms with Crippen LogP contribution in [0, 0.1) is 6.92 Å². The van der Waals surface area contributed by atoms with Crippen LogP contribution in [0.15, 0.2) is 76.6 Å². The van der Waals surface area contributed by atoms with Crippen molar-refractivity contribution in [1.82, 2.24) is 14.5 Å². The minimum atomic E-state index is -0.720. The molecule has 1 N–H and O–H groups in total. The maximum absolute atomic E-state index is 12.5. The van der Waals surface area contributed by atoms with E-state index in [1.807, 2.05) is 50.2 Å². The number of hydrogen-bond donors (Lipinski definition) is 1. The van der Waals surface area contributed by atoms with Crippen LogP contribution in [0.2, 0.25) is 0 Å². The molecular weight excluding hydrogens is 366 g/mol. The molecular formula is C23H25N3O3. The zero-order valence-electron chi connectivity index (χ0n) is 16.7. The van der Waals surface area contributed by atoms with Crippen molar-refractivity contribution >= 4 is 5.91 Å². The number of nitrogens with zero attached hydrogens (tertiary/aromatic N) is 2. The standard InChI is InChI=1S/C23H25N3O3/c1-17-8-6-7-11-20(17)26-15-14-25(22(28)23(26)29)16-21(27)24-18(2)12-13-19-9-4-3-5-10-19/h3-11,14-15,18H,12-13,16H2,1-2H3,(H,24,27). The second-order valence-electron chi connectivity index (χ2n) is 7.19. The van der Waals surface area contributed by atoms with E-state index in [2.05, 4.69) is 17.4 Å². The molecule has 6 heteroatoms. The van der Waals surface area contributed by atoms with Gasteiger partial charge < -0.3 is 5.32 Å². The van der Waals surface area contributed by atoms with E-state index < -0.39 is 11.1 Å². The fourth-order valence-electron chi connectivity index (χ4n) is 3.23. The first-order valence-corrected chi connectivity index (χ1v) is 9.67. The molecule has 1 atom stereocenters. The van der Waals surface area contributed by atoms with Crippen LogP contribution in [-0.4, -0.2) is 21.1 Å². The van der Waals surface area contributed by atoms with Crippen molar-refractivity contribution in [3.63, 3.8) is 0 Å². The third-order valence-corrected chi connectivity index (χ3v) is 4.86. The first kappa shape index (κ1) is 20.3. The summed E-state index contributed by atoms with van der Waals surface area (Å²) >= 11 is 0. The van der Waals surface area contributed by atoms with Gasteiger partial charge in [-0.25, -0.2) is 0 Å². The second-order valence-corrected chi connectivity index (χ2v) is 7.19. The van der Waals surface area contributed by atoms with Crippen LogP contribution >= 0.6 is 0 Å². The Morgan fingerprint density at radius 1 is 0.966 bits per heavy atom. The number of hydrogen-bond acceptors (Lipinski definition) is 3. The number of rotatable bonds is 7. The summed E-state index contributed by atoms with van der Waals surface area (Å²) in [6.45, 7) is 3.62. The number of carbonyl (C=O) groups is 1. The van der Waals surface area contributed by atoms with Crippen molar-refractivity contribution in [1.29, 1.82) is 0 Å². The Labute approximate surface area is 169 Å². The molecule has 0 fully saturated rings. The molecule has 0 aliphatic heterocycles. The highest BCUT2D eigenvalue weighted by Crippen LogP contribution is 2.10. The van der Waals surface area contributed by atoms with E-state index in [0.29, 0.717) is 5.69 Å². The van der Waals surface area contributed by atoms with Gasteiger partial charge in [-0.05, 0) is 43.9 Å². The lowest BCUT2D eigenvalue weighted by Gasteiger charge is -2.15. The van der Waals surface area contributed by atoms with Crippen molar-refractivity contribution in [2.75, 3.05) is 0 Å². The lowest BCUT2D eigenvalue weighted by molar-refractivity contribution is -0.122. The minimum absolute atomic E-state index is 0.0363. The summed E-state index contributed by atoms with van der Waals surface area (Å²) in [5.41, 5.74) is 1.36. The largest absolute Gasteiger partial charge is 0.352 e. The van der Waals surface area contributed by atoms with Crippen LogP contribution in [0.25, 0.3) is 5.69 Å². The molecule has 3 rings (SSSR count). The first-order chi connectivity index (χ1) is 14.0. The van der Waals surface area contributed by atoms with Gasteiger partial charge in [0, 0.05) is 18.4 Å². The van der Waals surface area contributed by atoms with Gasteiger partial charge in [-0.15, -0.1) is 0 Å². The highest BCUT2D eigenvalue weighted by Gasteiger charge is 2.12. The highest BCUT2D eigenvalue weighted by atomic mass is 16.2. The van der Waals surface area contributed by atoms with Gasteiger partial charge in [-0.2, -0.15) is 0 Å². The molecule has 6 nitrogen and oxygen atoms in total. The molecule has 1 unspecified atom stereocenters. The summed E-state index contributed by atoms with van der Waals surface area (Å²) < 4.78 is 2.46. The number of aryl methyl sites for hydroxylation is 2. The van der Waals surface area contributed by atoms with E-state index in [1.165, 1.54) is 22.5 Å². The van der Waals surface area contributed by atoms with Gasteiger partial charge in [0.05, 0.1) is 5.69 Å². The molecule has 0 saturated carbocycles. The summed E-state index contributed by atoms with van der Waals surface area (Å²) in [5.74, 6) is -0.291. The Balaban J connectivity index is 1.65. The normalized spacial score (nSPS) is 11.8. The molecule has 1 heterocycles. The Kier molecular flexibility index (Phi) is 6.44. The van der Waals surface area contributed by atoms with E-state index in [9.17, 15) is 14.4 Å². The van der Waals surface area contributed by atoms with E-state index in [4.69, 9.17) is 0 Å². The zero-order chi connectivity index (χ0) is 20.8. The Morgan fingerprint density at radius 2 is 1.66 bits per heavy atom. The summed E-state index contributed by atoms with van der Waals surface area (Å²) in [6, 6.07) is 17.4. The number of para-hydroxylation sites is 1. The number of aromatic nitrogens is 2. The van der Waals surface area contributed by atoms with Crippen LogP contribution in [-0.2, 0) is 17.8 Å². The van der Waals surface area contributed by atoms with Gasteiger partial charge in [-0.3, -0.25) is 23.5 Å². The van der Waals surface area contributed by atoms with Crippen molar-refractivity contribution < 1.29 is 4.79 Å². The number of nitrogens with one attached hydrogen (secondary N) is 1. The molecule has 0 aliphatic rings. The molecule has 0 bridgehead atoms. The Morgan fingerprint density at radius 3 is 2.38 bits per heavy atom. The van der Waals surface area contributed by atoms with Crippen molar-refractivity contribution in [2.24, 2.45) is 0 Å². The minimum Gasteiger partial charge on any atom is -0.352 e. The molecule has 1 aromatic heterocycles. The predicted molar refractivity (Wildman–Crippen MR) is 113 cm³/mol. The topological polar surface area (TPSA) is 73.1 Å². The van der Waals surface area contributed by atoms with E-state index >= 15 is 0 Å². The van der Waals surface area contributed by atoms with Gasteiger partial charge in [0.2, 0.25) is 5.91 Å². The lowest BCUT2D eigenvalue weighted by Crippen LogP contribution is -2.44. The van der Waals surface area contributed by atoms with Gasteiger partial charge in [0.25, 0.3) is 0 Å². The van der Waals surface area contributed by atoms with Crippen LogP contribution in [0.4, 0.5) is 0 Å². The fraction of sp³-hybridized carbons (Fsp3) is 0.261. The van der Waals surface area contributed by atoms with Crippen molar-refractivity contribution in [3.05, 3.63) is 98.8 Å². The SMILES string of the molecule is Cc1ccccc1-n1ccn(CC(=O)NC(C)CCc2ccccc2)c(=O)c1=O. The highest BCUT2D eigenvalue weighted by molar-refractivity contribution is 5.76. The van der Waals surface area contributed by atoms with E-state index in [1.54, 1.807) is 6.07 Å². The molecule has 29 heavy (non-hydrogen) atoms. The third-order valence-electron chi connectivity index (χ3n) is 4.86. The van der Waals surface area contributed by atoms with Crippen LogP contribution < -0.4 is 16.4 Å². The molecule has 1 amide bonds. The average molecular weight is 391 g/mol. The van der Waals surface area contributed by atoms with Gasteiger partial charge in [0.15, 0.2) is 0 Å². The number of carbonyl (C=O) groups excluding carboxylic acids is 1. The first-order valence-electron chi connectivity index (χ1n) is 9.67. The summed E-state index contributed by atoms with van der Waals surface area (Å²) in [5, 5.41) is 2.89. The second kappa shape index (κ2) is 9.19. The fourth-order valence-corrected chi connectivity index (χ4v) is 3.23.